The average Bonchev–Trinajstić information content (AvgIpc) is 2.91. The number of aromatic nitrogens is 3. The van der Waals surface area contributed by atoms with Gasteiger partial charge < -0.3 is 4.74 Å². The van der Waals surface area contributed by atoms with Crippen molar-refractivity contribution in [3.8, 4) is 5.75 Å². The molecule has 2 heterocycles. The van der Waals surface area contributed by atoms with Crippen molar-refractivity contribution in [3.05, 3.63) is 30.1 Å². The van der Waals surface area contributed by atoms with Crippen molar-refractivity contribution in [2.75, 3.05) is 11.3 Å². The van der Waals surface area contributed by atoms with E-state index in [0.29, 0.717) is 23.5 Å². The van der Waals surface area contributed by atoms with E-state index < -0.39 is 28.7 Å². The average molecular weight is 362 g/mol. The molecule has 1 aromatic heterocycles. The van der Waals surface area contributed by atoms with Gasteiger partial charge in [0.1, 0.15) is 18.6 Å². The van der Waals surface area contributed by atoms with Crippen molar-refractivity contribution < 1.29 is 26.3 Å². The number of ether oxygens (including phenoxy) is 1. The molecule has 130 valence electrons. The van der Waals surface area contributed by atoms with Gasteiger partial charge in [-0.2, -0.15) is 18.2 Å². The normalized spacial score (nSPS) is 14.8. The summed E-state index contributed by atoms with van der Waals surface area (Å²) in [6.45, 7) is -0.768. The molecule has 3 rings (SSSR count). The molecule has 1 N–H and O–H groups in total. The maximum Gasteiger partial charge on any atom is 0.408 e. The van der Waals surface area contributed by atoms with E-state index in [4.69, 9.17) is 4.74 Å². The van der Waals surface area contributed by atoms with Crippen LogP contribution in [0.3, 0.4) is 0 Å². The highest BCUT2D eigenvalue weighted by Gasteiger charge is 2.29. The molecule has 1 aliphatic rings. The monoisotopic (exact) mass is 362 g/mol. The zero-order chi connectivity index (χ0) is 17.4. The Morgan fingerprint density at radius 3 is 2.88 bits per heavy atom. The molecule has 0 saturated carbocycles. The second kappa shape index (κ2) is 5.96. The number of rotatable bonds is 4. The Morgan fingerprint density at radius 1 is 1.33 bits per heavy atom. The van der Waals surface area contributed by atoms with Crippen molar-refractivity contribution in [3.63, 3.8) is 0 Å². The number of sulfonamides is 1. The summed E-state index contributed by atoms with van der Waals surface area (Å²) < 4.78 is 69.5. The summed E-state index contributed by atoms with van der Waals surface area (Å²) in [7, 11) is -4.00. The Kier molecular flexibility index (Phi) is 4.11. The lowest BCUT2D eigenvalue weighted by Crippen LogP contribution is -2.19. The first-order valence-electron chi connectivity index (χ1n) is 6.98. The number of hydrogen-bond donors (Lipinski definition) is 1. The number of fused-ring (bicyclic) bond motifs is 1. The minimum atomic E-state index is -4.47. The number of aryl methyl sites for hydroxylation is 1. The summed E-state index contributed by atoms with van der Waals surface area (Å²) in [6, 6.07) is 4.39. The molecule has 0 amide bonds. The molecule has 0 atom stereocenters. The van der Waals surface area contributed by atoms with Gasteiger partial charge in [-0.1, -0.05) is 0 Å². The fourth-order valence-electron chi connectivity index (χ4n) is 2.28. The van der Waals surface area contributed by atoms with Crippen molar-refractivity contribution in [1.29, 1.82) is 0 Å². The Balaban J connectivity index is 1.79. The Bertz CT molecular complexity index is 848. The van der Waals surface area contributed by atoms with Crippen LogP contribution in [-0.2, 0) is 23.0 Å². The summed E-state index contributed by atoms with van der Waals surface area (Å²) in [5.74, 6) is 0.209. The van der Waals surface area contributed by atoms with Gasteiger partial charge >= 0.3 is 6.18 Å². The number of alkyl halides is 3. The van der Waals surface area contributed by atoms with Crippen LogP contribution >= 0.6 is 0 Å². The van der Waals surface area contributed by atoms with Gasteiger partial charge in [0.05, 0.1) is 11.5 Å². The van der Waals surface area contributed by atoms with Crippen LogP contribution in [-0.4, -0.2) is 36.0 Å². The summed E-state index contributed by atoms with van der Waals surface area (Å²) in [6.07, 6.45) is -2.18. The van der Waals surface area contributed by atoms with E-state index in [0.717, 1.165) is 18.3 Å². The van der Waals surface area contributed by atoms with Crippen LogP contribution in [0.5, 0.6) is 5.75 Å². The van der Waals surface area contributed by atoms with Gasteiger partial charge in [0.15, 0.2) is 0 Å². The highest BCUT2D eigenvalue weighted by atomic mass is 32.2. The third-order valence-corrected chi connectivity index (χ3v) is 4.62. The largest absolute Gasteiger partial charge is 0.493 e. The number of anilines is 1. The molecule has 0 radical (unpaired) electrons. The molecule has 2 aromatic rings. The molecule has 0 unspecified atom stereocenters. The molecule has 1 aliphatic heterocycles. The minimum Gasteiger partial charge on any atom is -0.493 e. The summed E-state index contributed by atoms with van der Waals surface area (Å²) in [4.78, 5) is 3.51. The Hall–Kier alpha value is -2.30. The van der Waals surface area contributed by atoms with Crippen LogP contribution < -0.4 is 9.46 Å². The topological polar surface area (TPSA) is 86.1 Å². The van der Waals surface area contributed by atoms with Gasteiger partial charge in [-0.05, 0) is 36.6 Å². The zero-order valence-electron chi connectivity index (χ0n) is 12.2. The standard InChI is InChI=1S/C13H13F3N4O3S/c14-13(15,16)7-20-8-17-12(18-20)19-24(21,22)10-3-4-11-9(6-10)2-1-5-23-11/h3-4,6,8H,1-2,5,7H2,(H,18,19). The molecule has 0 spiro atoms. The molecule has 0 saturated heterocycles. The second-order valence-corrected chi connectivity index (χ2v) is 6.89. The predicted octanol–water partition coefficient (Wildman–Crippen LogP) is 1.97. The van der Waals surface area contributed by atoms with E-state index in [-0.39, 0.29) is 4.90 Å². The molecular formula is C13H13F3N4O3S. The Labute approximate surface area is 135 Å². The smallest absolute Gasteiger partial charge is 0.408 e. The van der Waals surface area contributed by atoms with Crippen LogP contribution in [0, 0.1) is 0 Å². The molecule has 0 aliphatic carbocycles. The molecule has 7 nitrogen and oxygen atoms in total. The van der Waals surface area contributed by atoms with Crippen LogP contribution in [0.2, 0.25) is 0 Å². The first-order valence-corrected chi connectivity index (χ1v) is 8.46. The van der Waals surface area contributed by atoms with Crippen molar-refractivity contribution >= 4 is 16.0 Å². The quantitative estimate of drug-likeness (QED) is 0.899. The predicted molar refractivity (Wildman–Crippen MR) is 77.1 cm³/mol. The summed E-state index contributed by atoms with van der Waals surface area (Å²) >= 11 is 0. The third-order valence-electron chi connectivity index (χ3n) is 3.29. The van der Waals surface area contributed by atoms with Gasteiger partial charge in [0.2, 0.25) is 0 Å². The number of hydrogen-bond acceptors (Lipinski definition) is 5. The highest BCUT2D eigenvalue weighted by Crippen LogP contribution is 2.27. The number of nitrogens with zero attached hydrogens (tertiary/aromatic N) is 3. The first kappa shape index (κ1) is 16.6. The summed E-state index contributed by atoms with van der Waals surface area (Å²) in [5, 5.41) is 3.46. The molecule has 11 heteroatoms. The highest BCUT2D eigenvalue weighted by molar-refractivity contribution is 7.92. The minimum absolute atomic E-state index is 0.0288. The van der Waals surface area contributed by atoms with Gasteiger partial charge in [-0.3, -0.25) is 0 Å². The number of halogens is 3. The second-order valence-electron chi connectivity index (χ2n) is 5.21. The van der Waals surface area contributed by atoms with Crippen LogP contribution in [0.4, 0.5) is 19.1 Å². The maximum absolute atomic E-state index is 12.3. The maximum atomic E-state index is 12.3. The molecule has 24 heavy (non-hydrogen) atoms. The fraction of sp³-hybridized carbons (Fsp3) is 0.385. The van der Waals surface area contributed by atoms with Crippen LogP contribution in [0.1, 0.15) is 12.0 Å². The molecule has 1 aromatic carbocycles. The molecule has 0 bridgehead atoms. The van der Waals surface area contributed by atoms with E-state index in [1.165, 1.54) is 12.1 Å². The zero-order valence-corrected chi connectivity index (χ0v) is 13.1. The number of benzene rings is 1. The fourth-order valence-corrected chi connectivity index (χ4v) is 3.28. The first-order chi connectivity index (χ1) is 11.2. The van der Waals surface area contributed by atoms with E-state index in [1.807, 2.05) is 0 Å². The lowest BCUT2D eigenvalue weighted by atomic mass is 10.1. The summed E-state index contributed by atoms with van der Waals surface area (Å²) in [5.41, 5.74) is 0.764. The van der Waals surface area contributed by atoms with E-state index in [9.17, 15) is 21.6 Å². The van der Waals surface area contributed by atoms with Gasteiger partial charge in [0, 0.05) is 0 Å². The van der Waals surface area contributed by atoms with Crippen LogP contribution in [0.25, 0.3) is 0 Å². The lowest BCUT2D eigenvalue weighted by molar-refractivity contribution is -0.142. The van der Waals surface area contributed by atoms with E-state index in [2.05, 4.69) is 14.8 Å². The van der Waals surface area contributed by atoms with Gasteiger partial charge in [0.25, 0.3) is 16.0 Å². The van der Waals surface area contributed by atoms with Crippen molar-refractivity contribution in [2.24, 2.45) is 0 Å². The molecular weight excluding hydrogens is 349 g/mol. The van der Waals surface area contributed by atoms with E-state index in [1.54, 1.807) is 6.07 Å². The van der Waals surface area contributed by atoms with Crippen molar-refractivity contribution in [2.45, 2.75) is 30.5 Å². The Morgan fingerprint density at radius 2 is 2.12 bits per heavy atom. The SMILES string of the molecule is O=S(=O)(Nc1ncn(CC(F)(F)F)n1)c1ccc2c(c1)CCCO2. The molecule has 0 fully saturated rings. The lowest BCUT2D eigenvalue weighted by Gasteiger charge is -2.17. The third kappa shape index (κ3) is 3.78. The van der Waals surface area contributed by atoms with Crippen LogP contribution in [0.15, 0.2) is 29.4 Å². The van der Waals surface area contributed by atoms with Gasteiger partial charge in [-0.25, -0.2) is 17.8 Å². The van der Waals surface area contributed by atoms with Crippen molar-refractivity contribution in [1.82, 2.24) is 14.8 Å². The van der Waals surface area contributed by atoms with E-state index >= 15 is 0 Å². The van der Waals surface area contributed by atoms with Gasteiger partial charge in [-0.15, -0.1) is 5.10 Å². The number of nitrogens with one attached hydrogen (secondary N) is 1.